The van der Waals surface area contributed by atoms with Gasteiger partial charge in [-0.15, -0.1) is 0 Å². The zero-order valence-corrected chi connectivity index (χ0v) is 19.4. The van der Waals surface area contributed by atoms with E-state index in [0.717, 1.165) is 23.1 Å². The number of carbonyl (C=O) groups is 2. The van der Waals surface area contributed by atoms with Gasteiger partial charge >= 0.3 is 0 Å². The largest absolute Gasteiger partial charge is 0.507 e. The predicted octanol–water partition coefficient (Wildman–Crippen LogP) is 2.93. The third-order valence-electron chi connectivity index (χ3n) is 6.13. The van der Waals surface area contributed by atoms with Gasteiger partial charge in [-0.2, -0.15) is 0 Å². The van der Waals surface area contributed by atoms with Crippen molar-refractivity contribution >= 4 is 33.4 Å². The van der Waals surface area contributed by atoms with Crippen LogP contribution in [0.25, 0.3) is 5.76 Å². The van der Waals surface area contributed by atoms with Gasteiger partial charge in [0.25, 0.3) is 11.7 Å². The fraction of sp³-hybridized carbons (Fsp3) is 0.333. The van der Waals surface area contributed by atoms with Gasteiger partial charge in [-0.25, -0.2) is 0 Å². The number of hydrogen-bond donors (Lipinski definition) is 1. The van der Waals surface area contributed by atoms with Crippen LogP contribution in [0.4, 0.5) is 0 Å². The van der Waals surface area contributed by atoms with Crippen LogP contribution in [0, 0.1) is 0 Å². The Kier molecular flexibility index (Phi) is 6.09. The maximum Gasteiger partial charge on any atom is 0.295 e. The molecule has 8 nitrogen and oxygen atoms in total. The SMILES string of the molecule is O=C1C(=O)N(CCN2CCOCC2)C(c2ccc(Br)cc2)/C1=C(\O)c1ccc2c(c1)OCO2. The van der Waals surface area contributed by atoms with Crippen LogP contribution in [0.15, 0.2) is 52.5 Å². The van der Waals surface area contributed by atoms with E-state index in [1.54, 1.807) is 23.1 Å². The summed E-state index contributed by atoms with van der Waals surface area (Å²) in [6, 6.07) is 11.7. The van der Waals surface area contributed by atoms with E-state index < -0.39 is 17.7 Å². The Morgan fingerprint density at radius 1 is 1.00 bits per heavy atom. The number of aliphatic hydroxyl groups excluding tert-OH is 1. The molecular weight excluding hydrogens is 492 g/mol. The van der Waals surface area contributed by atoms with Crippen molar-refractivity contribution in [1.29, 1.82) is 0 Å². The van der Waals surface area contributed by atoms with E-state index in [0.29, 0.717) is 43.4 Å². The molecular formula is C24H23BrN2O6. The summed E-state index contributed by atoms with van der Waals surface area (Å²) in [4.78, 5) is 30.0. The first-order valence-electron chi connectivity index (χ1n) is 10.8. The Morgan fingerprint density at radius 3 is 2.48 bits per heavy atom. The number of carbonyl (C=O) groups excluding carboxylic acids is 2. The molecule has 1 N–H and O–H groups in total. The number of benzene rings is 2. The van der Waals surface area contributed by atoms with Crippen molar-refractivity contribution < 1.29 is 28.9 Å². The maximum atomic E-state index is 13.2. The molecule has 172 valence electrons. The number of rotatable bonds is 5. The van der Waals surface area contributed by atoms with Crippen molar-refractivity contribution in [3.05, 3.63) is 63.6 Å². The minimum absolute atomic E-state index is 0.0724. The van der Waals surface area contributed by atoms with Gasteiger partial charge in [0.2, 0.25) is 6.79 Å². The van der Waals surface area contributed by atoms with Crippen molar-refractivity contribution in [1.82, 2.24) is 9.80 Å². The lowest BCUT2D eigenvalue weighted by Crippen LogP contribution is -2.42. The first-order valence-corrected chi connectivity index (χ1v) is 11.6. The number of hydrogen-bond acceptors (Lipinski definition) is 7. The van der Waals surface area contributed by atoms with Crippen molar-refractivity contribution in [3.63, 3.8) is 0 Å². The molecule has 0 bridgehead atoms. The van der Waals surface area contributed by atoms with Gasteiger partial charge in [-0.1, -0.05) is 28.1 Å². The summed E-state index contributed by atoms with van der Waals surface area (Å²) in [6.45, 7) is 3.95. The molecule has 5 rings (SSSR count). The molecule has 0 radical (unpaired) electrons. The normalized spacial score (nSPS) is 22.2. The zero-order valence-electron chi connectivity index (χ0n) is 17.8. The molecule has 3 heterocycles. The van der Waals surface area contributed by atoms with Gasteiger partial charge in [-0.3, -0.25) is 14.5 Å². The smallest absolute Gasteiger partial charge is 0.295 e. The van der Waals surface area contributed by atoms with Crippen LogP contribution >= 0.6 is 15.9 Å². The molecule has 33 heavy (non-hydrogen) atoms. The number of ketones is 1. The van der Waals surface area contributed by atoms with E-state index in [1.165, 1.54) is 0 Å². The van der Waals surface area contributed by atoms with E-state index in [4.69, 9.17) is 14.2 Å². The molecule has 2 fully saturated rings. The number of Topliss-reactive ketones (excluding diaryl/α,β-unsaturated/α-hetero) is 1. The van der Waals surface area contributed by atoms with Crippen molar-refractivity contribution in [2.45, 2.75) is 6.04 Å². The summed E-state index contributed by atoms with van der Waals surface area (Å²) >= 11 is 3.43. The third kappa shape index (κ3) is 4.23. The molecule has 3 aliphatic heterocycles. The van der Waals surface area contributed by atoms with Gasteiger partial charge in [0, 0.05) is 36.2 Å². The molecule has 2 aromatic rings. The molecule has 3 aliphatic rings. The van der Waals surface area contributed by atoms with Crippen LogP contribution in [0.3, 0.4) is 0 Å². The minimum atomic E-state index is -0.694. The summed E-state index contributed by atoms with van der Waals surface area (Å²) in [6.07, 6.45) is 0. The summed E-state index contributed by atoms with van der Waals surface area (Å²) in [5, 5.41) is 11.2. The molecule has 0 aromatic heterocycles. The minimum Gasteiger partial charge on any atom is -0.507 e. The summed E-state index contributed by atoms with van der Waals surface area (Å²) in [5.74, 6) is -0.477. The van der Waals surface area contributed by atoms with Gasteiger partial charge in [0.05, 0.1) is 24.8 Å². The second-order valence-electron chi connectivity index (χ2n) is 8.07. The first kappa shape index (κ1) is 21.9. The summed E-state index contributed by atoms with van der Waals surface area (Å²) < 4.78 is 17.0. The highest BCUT2D eigenvalue weighted by Gasteiger charge is 2.46. The summed E-state index contributed by atoms with van der Waals surface area (Å²) in [5.41, 5.74) is 1.22. The number of aliphatic hydroxyl groups is 1. The second-order valence-corrected chi connectivity index (χ2v) is 8.98. The van der Waals surface area contributed by atoms with Crippen LogP contribution < -0.4 is 9.47 Å². The monoisotopic (exact) mass is 514 g/mol. The molecule has 1 amide bonds. The number of amides is 1. The Bertz CT molecular complexity index is 1110. The lowest BCUT2D eigenvalue weighted by Gasteiger charge is -2.31. The molecule has 0 spiro atoms. The Labute approximate surface area is 199 Å². The highest BCUT2D eigenvalue weighted by atomic mass is 79.9. The van der Waals surface area contributed by atoms with E-state index in [2.05, 4.69) is 20.8 Å². The second kappa shape index (κ2) is 9.17. The number of nitrogens with zero attached hydrogens (tertiary/aromatic N) is 2. The zero-order chi connectivity index (χ0) is 22.9. The van der Waals surface area contributed by atoms with Crippen molar-refractivity contribution in [2.75, 3.05) is 46.2 Å². The predicted molar refractivity (Wildman–Crippen MR) is 123 cm³/mol. The van der Waals surface area contributed by atoms with Crippen molar-refractivity contribution in [3.8, 4) is 11.5 Å². The lowest BCUT2D eigenvalue weighted by molar-refractivity contribution is -0.140. The van der Waals surface area contributed by atoms with Crippen LogP contribution in [0.1, 0.15) is 17.2 Å². The van der Waals surface area contributed by atoms with Gasteiger partial charge in [-0.05, 0) is 35.9 Å². The van der Waals surface area contributed by atoms with Crippen molar-refractivity contribution in [2.24, 2.45) is 0 Å². The molecule has 0 saturated carbocycles. The number of likely N-dealkylation sites (tertiary alicyclic amines) is 1. The molecule has 1 atom stereocenters. The topological polar surface area (TPSA) is 88.5 Å². The van der Waals surface area contributed by atoms with E-state index in [9.17, 15) is 14.7 Å². The lowest BCUT2D eigenvalue weighted by atomic mass is 9.95. The number of morpholine rings is 1. The first-order chi connectivity index (χ1) is 16.0. The van der Waals surface area contributed by atoms with Crippen LogP contribution in [-0.4, -0.2) is 72.8 Å². The highest BCUT2D eigenvalue weighted by Crippen LogP contribution is 2.41. The van der Waals surface area contributed by atoms with E-state index in [-0.39, 0.29) is 18.1 Å². The molecule has 2 aromatic carbocycles. The molecule has 0 aliphatic carbocycles. The number of halogens is 1. The van der Waals surface area contributed by atoms with E-state index in [1.807, 2.05) is 24.3 Å². The Morgan fingerprint density at radius 2 is 1.73 bits per heavy atom. The van der Waals surface area contributed by atoms with Gasteiger partial charge in [0.1, 0.15) is 5.76 Å². The quantitative estimate of drug-likeness (QED) is 0.372. The summed E-state index contributed by atoms with van der Waals surface area (Å²) in [7, 11) is 0. The highest BCUT2D eigenvalue weighted by molar-refractivity contribution is 9.10. The third-order valence-corrected chi connectivity index (χ3v) is 6.66. The van der Waals surface area contributed by atoms with Crippen LogP contribution in [-0.2, 0) is 14.3 Å². The maximum absolute atomic E-state index is 13.2. The molecule has 2 saturated heterocycles. The van der Waals surface area contributed by atoms with Gasteiger partial charge in [0.15, 0.2) is 11.5 Å². The number of fused-ring (bicyclic) bond motifs is 1. The fourth-order valence-electron chi connectivity index (χ4n) is 4.38. The molecule has 1 unspecified atom stereocenters. The van der Waals surface area contributed by atoms with E-state index >= 15 is 0 Å². The van der Waals surface area contributed by atoms with Crippen LogP contribution in [0.5, 0.6) is 11.5 Å². The Balaban J connectivity index is 1.53. The average Bonchev–Trinajstić information content (AvgIpc) is 3.41. The Hall–Kier alpha value is -2.88. The number of ether oxygens (including phenoxy) is 3. The molecule has 9 heteroatoms. The van der Waals surface area contributed by atoms with Crippen LogP contribution in [0.2, 0.25) is 0 Å². The standard InChI is InChI=1S/C24H23BrN2O6/c25-17-4-1-15(2-5-17)21-20(22(28)16-3-6-18-19(13-16)33-14-32-18)23(29)24(30)27(21)8-7-26-9-11-31-12-10-26/h1-6,13,21,28H,7-12,14H2/b22-20+. The average molecular weight is 515 g/mol. The van der Waals surface area contributed by atoms with Gasteiger partial charge < -0.3 is 24.2 Å². The fourth-order valence-corrected chi connectivity index (χ4v) is 4.64.